The van der Waals surface area contributed by atoms with Gasteiger partial charge in [0.1, 0.15) is 0 Å². The highest BCUT2D eigenvalue weighted by atomic mass is 35.5. The fourth-order valence-corrected chi connectivity index (χ4v) is 2.34. The highest BCUT2D eigenvalue weighted by Gasteiger charge is 2.13. The Morgan fingerprint density at radius 1 is 1.50 bits per heavy atom. The average molecular weight is 240 g/mol. The van der Waals surface area contributed by atoms with Gasteiger partial charge < -0.3 is 10.6 Å². The first-order valence-electron chi connectivity index (χ1n) is 5.83. The van der Waals surface area contributed by atoms with Gasteiger partial charge in [0.15, 0.2) is 5.15 Å². The number of pyridine rings is 1. The number of piperidine rings is 1. The second-order valence-corrected chi connectivity index (χ2v) is 4.73. The molecule has 88 valence electrons. The van der Waals surface area contributed by atoms with Gasteiger partial charge in [-0.05, 0) is 50.4 Å². The van der Waals surface area contributed by atoms with Crippen molar-refractivity contribution in [1.29, 1.82) is 0 Å². The lowest BCUT2D eigenvalue weighted by Crippen LogP contribution is -2.31. The second kappa shape index (κ2) is 5.51. The van der Waals surface area contributed by atoms with E-state index < -0.39 is 0 Å². The molecule has 1 fully saturated rings. The van der Waals surface area contributed by atoms with Gasteiger partial charge in [0, 0.05) is 12.7 Å². The predicted octanol–water partition coefficient (Wildman–Crippen LogP) is 2.45. The zero-order chi connectivity index (χ0) is 11.4. The van der Waals surface area contributed by atoms with Gasteiger partial charge in [-0.2, -0.15) is 0 Å². The van der Waals surface area contributed by atoms with E-state index in [1.807, 2.05) is 6.07 Å². The topological polar surface area (TPSA) is 37.0 Å². The number of nitrogens with one attached hydrogen (secondary N) is 2. The lowest BCUT2D eigenvalue weighted by molar-refractivity contribution is 0.390. The number of nitrogens with zero attached hydrogens (tertiary/aromatic N) is 1. The number of rotatable bonds is 3. The Kier molecular flexibility index (Phi) is 4.02. The van der Waals surface area contributed by atoms with Crippen molar-refractivity contribution in [2.24, 2.45) is 5.92 Å². The molecule has 0 aromatic carbocycles. The Morgan fingerprint density at radius 3 is 2.94 bits per heavy atom. The van der Waals surface area contributed by atoms with E-state index in [1.54, 1.807) is 6.20 Å². The molecule has 0 saturated carbocycles. The third-order valence-corrected chi connectivity index (χ3v) is 3.43. The predicted molar refractivity (Wildman–Crippen MR) is 68.1 cm³/mol. The van der Waals surface area contributed by atoms with Gasteiger partial charge in [-0.1, -0.05) is 11.6 Å². The van der Waals surface area contributed by atoms with E-state index in [9.17, 15) is 0 Å². The van der Waals surface area contributed by atoms with Gasteiger partial charge in [-0.3, -0.25) is 0 Å². The minimum absolute atomic E-state index is 0.578. The number of anilines is 1. The van der Waals surface area contributed by atoms with Crippen molar-refractivity contribution in [1.82, 2.24) is 10.3 Å². The minimum Gasteiger partial charge on any atom is -0.382 e. The molecule has 0 radical (unpaired) electrons. The summed E-state index contributed by atoms with van der Waals surface area (Å²) in [6, 6.07) is 1.98. The number of halogens is 1. The molecule has 0 amide bonds. The maximum absolute atomic E-state index is 6.06. The van der Waals surface area contributed by atoms with Crippen molar-refractivity contribution in [3.05, 3.63) is 23.0 Å². The van der Waals surface area contributed by atoms with E-state index in [0.717, 1.165) is 36.8 Å². The molecule has 4 heteroatoms. The summed E-state index contributed by atoms with van der Waals surface area (Å²) < 4.78 is 0. The zero-order valence-corrected chi connectivity index (χ0v) is 10.3. The van der Waals surface area contributed by atoms with Crippen LogP contribution in [-0.2, 0) is 0 Å². The molecule has 1 saturated heterocycles. The molecular weight excluding hydrogens is 222 g/mol. The van der Waals surface area contributed by atoms with Crippen LogP contribution < -0.4 is 10.6 Å². The standard InChI is InChI=1S/C12H18ClN3/c1-9-2-7-15-12(13)11(9)16-8-10-3-5-14-6-4-10/h2,7,10,14,16H,3-6,8H2,1H3. The minimum atomic E-state index is 0.578. The van der Waals surface area contributed by atoms with Crippen LogP contribution in [0.2, 0.25) is 5.15 Å². The van der Waals surface area contributed by atoms with Crippen molar-refractivity contribution >= 4 is 17.3 Å². The fraction of sp³-hybridized carbons (Fsp3) is 0.583. The van der Waals surface area contributed by atoms with Crippen LogP contribution in [0.5, 0.6) is 0 Å². The summed E-state index contributed by atoms with van der Waals surface area (Å²) in [5.41, 5.74) is 2.15. The quantitative estimate of drug-likeness (QED) is 0.796. The van der Waals surface area contributed by atoms with Gasteiger partial charge in [0.25, 0.3) is 0 Å². The summed E-state index contributed by atoms with van der Waals surface area (Å²) in [6.45, 7) is 5.31. The van der Waals surface area contributed by atoms with Gasteiger partial charge in [0.2, 0.25) is 0 Å². The van der Waals surface area contributed by atoms with Gasteiger partial charge in [-0.15, -0.1) is 0 Å². The Balaban J connectivity index is 1.93. The van der Waals surface area contributed by atoms with E-state index in [0.29, 0.717) is 5.15 Å². The normalized spacial score (nSPS) is 17.4. The smallest absolute Gasteiger partial charge is 0.152 e. The van der Waals surface area contributed by atoms with Crippen LogP contribution in [0.3, 0.4) is 0 Å². The molecule has 1 aliphatic heterocycles. The molecule has 1 aromatic heterocycles. The summed E-state index contributed by atoms with van der Waals surface area (Å²) in [6.07, 6.45) is 4.22. The molecular formula is C12H18ClN3. The molecule has 0 atom stereocenters. The van der Waals surface area contributed by atoms with Crippen molar-refractivity contribution in [3.8, 4) is 0 Å². The number of aryl methyl sites for hydroxylation is 1. The van der Waals surface area contributed by atoms with Crippen LogP contribution >= 0.6 is 11.6 Å². The Hall–Kier alpha value is -0.800. The Bertz CT molecular complexity index is 328. The molecule has 0 bridgehead atoms. The van der Waals surface area contributed by atoms with Crippen LogP contribution in [0.25, 0.3) is 0 Å². The molecule has 0 unspecified atom stereocenters. The van der Waals surface area contributed by atoms with Gasteiger partial charge in [0.05, 0.1) is 5.69 Å². The molecule has 1 aromatic rings. The number of hydrogen-bond acceptors (Lipinski definition) is 3. The van der Waals surface area contributed by atoms with Crippen molar-refractivity contribution in [2.45, 2.75) is 19.8 Å². The number of aromatic nitrogens is 1. The van der Waals surface area contributed by atoms with Crippen LogP contribution in [0.1, 0.15) is 18.4 Å². The second-order valence-electron chi connectivity index (χ2n) is 4.37. The third kappa shape index (κ3) is 2.86. The molecule has 16 heavy (non-hydrogen) atoms. The molecule has 0 spiro atoms. The fourth-order valence-electron chi connectivity index (χ4n) is 2.07. The first-order valence-corrected chi connectivity index (χ1v) is 6.21. The maximum Gasteiger partial charge on any atom is 0.152 e. The molecule has 3 nitrogen and oxygen atoms in total. The first-order chi connectivity index (χ1) is 7.77. The molecule has 2 rings (SSSR count). The van der Waals surface area contributed by atoms with E-state index in [4.69, 9.17) is 11.6 Å². The van der Waals surface area contributed by atoms with Crippen LogP contribution in [0.15, 0.2) is 12.3 Å². The third-order valence-electron chi connectivity index (χ3n) is 3.14. The van der Waals surface area contributed by atoms with Gasteiger partial charge in [-0.25, -0.2) is 4.98 Å². The Labute approximate surface area is 102 Å². The summed E-state index contributed by atoms with van der Waals surface area (Å²) in [5, 5.41) is 7.38. The maximum atomic E-state index is 6.06. The van der Waals surface area contributed by atoms with E-state index in [-0.39, 0.29) is 0 Å². The van der Waals surface area contributed by atoms with Crippen LogP contribution in [-0.4, -0.2) is 24.6 Å². The van der Waals surface area contributed by atoms with Crippen LogP contribution in [0.4, 0.5) is 5.69 Å². The summed E-state index contributed by atoms with van der Waals surface area (Å²) in [7, 11) is 0. The number of hydrogen-bond donors (Lipinski definition) is 2. The summed E-state index contributed by atoms with van der Waals surface area (Å²) in [4.78, 5) is 4.09. The summed E-state index contributed by atoms with van der Waals surface area (Å²) in [5.74, 6) is 0.747. The van der Waals surface area contributed by atoms with Crippen molar-refractivity contribution < 1.29 is 0 Å². The SMILES string of the molecule is Cc1ccnc(Cl)c1NCC1CCNCC1. The molecule has 2 heterocycles. The highest BCUT2D eigenvalue weighted by molar-refractivity contribution is 6.32. The molecule has 1 aliphatic rings. The largest absolute Gasteiger partial charge is 0.382 e. The van der Waals surface area contributed by atoms with Crippen molar-refractivity contribution in [2.75, 3.05) is 25.0 Å². The molecule has 0 aliphatic carbocycles. The van der Waals surface area contributed by atoms with E-state index >= 15 is 0 Å². The lowest BCUT2D eigenvalue weighted by atomic mass is 9.98. The average Bonchev–Trinajstić information content (AvgIpc) is 2.30. The molecule has 2 N–H and O–H groups in total. The van der Waals surface area contributed by atoms with Gasteiger partial charge >= 0.3 is 0 Å². The van der Waals surface area contributed by atoms with Crippen LogP contribution in [0, 0.1) is 12.8 Å². The van der Waals surface area contributed by atoms with E-state index in [2.05, 4.69) is 22.5 Å². The highest BCUT2D eigenvalue weighted by Crippen LogP contribution is 2.23. The Morgan fingerprint density at radius 2 is 2.25 bits per heavy atom. The first kappa shape index (κ1) is 11.7. The van der Waals surface area contributed by atoms with E-state index in [1.165, 1.54) is 12.8 Å². The lowest BCUT2D eigenvalue weighted by Gasteiger charge is -2.23. The summed E-state index contributed by atoms with van der Waals surface area (Å²) >= 11 is 6.06. The zero-order valence-electron chi connectivity index (χ0n) is 9.59. The monoisotopic (exact) mass is 239 g/mol. The van der Waals surface area contributed by atoms with Crippen molar-refractivity contribution in [3.63, 3.8) is 0 Å².